The van der Waals surface area contributed by atoms with Gasteiger partial charge >= 0.3 is 0 Å². The minimum atomic E-state index is 0.120. The fourth-order valence-corrected chi connectivity index (χ4v) is 1.62. The van der Waals surface area contributed by atoms with Gasteiger partial charge in [0.25, 0.3) is 0 Å². The van der Waals surface area contributed by atoms with E-state index < -0.39 is 0 Å². The Kier molecular flexibility index (Phi) is 3.11. The molecule has 0 aliphatic rings. The number of pyridine rings is 1. The number of aromatic nitrogens is 1. The predicted molar refractivity (Wildman–Crippen MR) is 69.0 cm³/mol. The summed E-state index contributed by atoms with van der Waals surface area (Å²) in [6.07, 6.45) is 0. The van der Waals surface area contributed by atoms with Gasteiger partial charge in [0.1, 0.15) is 4.64 Å². The third-order valence-corrected chi connectivity index (χ3v) is 2.74. The first kappa shape index (κ1) is 12.4. The van der Waals surface area contributed by atoms with Crippen molar-refractivity contribution < 1.29 is 0 Å². The van der Waals surface area contributed by atoms with E-state index in [1.54, 1.807) is 0 Å². The molecule has 0 bridgehead atoms. The van der Waals surface area contributed by atoms with Crippen LogP contribution in [0.1, 0.15) is 52.8 Å². The molecule has 1 nitrogen and oxygen atoms in total. The third kappa shape index (κ3) is 3.16. The molecule has 0 spiro atoms. The smallest absolute Gasteiger partial charge is 0.103 e. The maximum atomic E-state index is 5.27. The molecule has 0 fully saturated rings. The summed E-state index contributed by atoms with van der Waals surface area (Å²) in [6.45, 7) is 13.2. The Labute approximate surface area is 97.9 Å². The fourth-order valence-electron chi connectivity index (χ4n) is 1.38. The van der Waals surface area contributed by atoms with Crippen molar-refractivity contribution >= 4 is 12.2 Å². The van der Waals surface area contributed by atoms with Gasteiger partial charge in [-0.25, -0.2) is 0 Å². The summed E-state index contributed by atoms with van der Waals surface area (Å²) >= 11 is 5.27. The number of nitrogens with one attached hydrogen (secondary N) is 1. The normalized spacial score (nSPS) is 12.9. The minimum Gasteiger partial charge on any atom is -0.350 e. The van der Waals surface area contributed by atoms with Crippen molar-refractivity contribution in [2.24, 2.45) is 0 Å². The van der Waals surface area contributed by atoms with Crippen LogP contribution in [0.25, 0.3) is 0 Å². The van der Waals surface area contributed by atoms with Crippen LogP contribution in [0.4, 0.5) is 0 Å². The van der Waals surface area contributed by atoms with Crippen molar-refractivity contribution in [3.8, 4) is 0 Å². The zero-order chi connectivity index (χ0) is 11.9. The van der Waals surface area contributed by atoms with Gasteiger partial charge < -0.3 is 4.98 Å². The van der Waals surface area contributed by atoms with E-state index in [0.29, 0.717) is 0 Å². The second kappa shape index (κ2) is 3.75. The zero-order valence-electron chi connectivity index (χ0n) is 10.6. The highest BCUT2D eigenvalue weighted by Crippen LogP contribution is 2.27. The molecule has 0 atom stereocenters. The summed E-state index contributed by atoms with van der Waals surface area (Å²) in [5, 5.41) is 0. The van der Waals surface area contributed by atoms with Crippen LogP contribution < -0.4 is 0 Å². The highest BCUT2D eigenvalue weighted by molar-refractivity contribution is 7.71. The molecule has 0 aliphatic carbocycles. The molecule has 15 heavy (non-hydrogen) atoms. The van der Waals surface area contributed by atoms with Crippen LogP contribution in [0.15, 0.2) is 12.1 Å². The minimum absolute atomic E-state index is 0.120. The summed E-state index contributed by atoms with van der Waals surface area (Å²) in [7, 11) is 0. The molecular weight excluding hydrogens is 202 g/mol. The monoisotopic (exact) mass is 223 g/mol. The van der Waals surface area contributed by atoms with Crippen LogP contribution in [0, 0.1) is 4.64 Å². The molecule has 1 rings (SSSR count). The van der Waals surface area contributed by atoms with Gasteiger partial charge in [-0.3, -0.25) is 0 Å². The van der Waals surface area contributed by atoms with Gasteiger partial charge in [-0.1, -0.05) is 53.8 Å². The van der Waals surface area contributed by atoms with Gasteiger partial charge in [0, 0.05) is 11.1 Å². The Bertz CT molecular complexity index is 367. The summed E-state index contributed by atoms with van der Waals surface area (Å²) in [5.74, 6) is 0. The maximum absolute atomic E-state index is 5.27. The van der Waals surface area contributed by atoms with Gasteiger partial charge in [-0.2, -0.15) is 0 Å². The topological polar surface area (TPSA) is 15.8 Å². The zero-order valence-corrected chi connectivity index (χ0v) is 11.4. The van der Waals surface area contributed by atoms with E-state index >= 15 is 0 Å². The van der Waals surface area contributed by atoms with Gasteiger partial charge in [0.05, 0.1) is 0 Å². The first-order valence-corrected chi connectivity index (χ1v) is 5.77. The van der Waals surface area contributed by atoms with Crippen molar-refractivity contribution in [3.63, 3.8) is 0 Å². The van der Waals surface area contributed by atoms with Crippen molar-refractivity contribution in [1.82, 2.24) is 4.98 Å². The second-order valence-electron chi connectivity index (χ2n) is 6.15. The van der Waals surface area contributed by atoms with E-state index in [1.807, 2.05) is 0 Å². The van der Waals surface area contributed by atoms with Gasteiger partial charge in [0.15, 0.2) is 0 Å². The van der Waals surface area contributed by atoms with Crippen molar-refractivity contribution in [1.29, 1.82) is 0 Å². The van der Waals surface area contributed by atoms with Gasteiger partial charge in [0.2, 0.25) is 0 Å². The SMILES string of the molecule is CC(C)(C)c1cc(C(C)(C)C)[nH]c(=S)c1. The number of hydrogen-bond donors (Lipinski definition) is 1. The average Bonchev–Trinajstić information content (AvgIpc) is 1.99. The number of hydrogen-bond acceptors (Lipinski definition) is 1. The standard InChI is InChI=1S/C13H21NS/c1-12(2,3)9-7-10(13(4,5)6)14-11(15)8-9/h7-8H,1-6H3,(H,14,15). The van der Waals surface area contributed by atoms with Crippen molar-refractivity contribution in [2.75, 3.05) is 0 Å². The van der Waals surface area contributed by atoms with E-state index in [9.17, 15) is 0 Å². The second-order valence-corrected chi connectivity index (χ2v) is 6.59. The van der Waals surface area contributed by atoms with E-state index in [-0.39, 0.29) is 10.8 Å². The lowest BCUT2D eigenvalue weighted by atomic mass is 9.84. The maximum Gasteiger partial charge on any atom is 0.103 e. The average molecular weight is 223 g/mol. The molecule has 1 N–H and O–H groups in total. The van der Waals surface area contributed by atoms with Crippen molar-refractivity contribution in [2.45, 2.75) is 52.4 Å². The molecule has 0 aliphatic heterocycles. The molecular formula is C13H21NS. The van der Waals surface area contributed by atoms with E-state index in [0.717, 1.165) is 4.64 Å². The van der Waals surface area contributed by atoms with Crippen LogP contribution in [-0.2, 0) is 10.8 Å². The molecule has 84 valence electrons. The van der Waals surface area contributed by atoms with Crippen LogP contribution >= 0.6 is 12.2 Å². The predicted octanol–water partition coefficient (Wildman–Crippen LogP) is 4.34. The number of rotatable bonds is 0. The van der Waals surface area contributed by atoms with Crippen LogP contribution in [0.5, 0.6) is 0 Å². The molecule has 0 amide bonds. The lowest BCUT2D eigenvalue weighted by Crippen LogP contribution is -2.18. The highest BCUT2D eigenvalue weighted by Gasteiger charge is 2.19. The Morgan fingerprint density at radius 1 is 0.933 bits per heavy atom. The van der Waals surface area contributed by atoms with E-state index in [4.69, 9.17) is 12.2 Å². The Balaban J connectivity index is 3.36. The number of aromatic amines is 1. The molecule has 0 unspecified atom stereocenters. The molecule has 0 aromatic carbocycles. The summed E-state index contributed by atoms with van der Waals surface area (Å²) in [5.41, 5.74) is 2.79. The highest BCUT2D eigenvalue weighted by atomic mass is 32.1. The van der Waals surface area contributed by atoms with Gasteiger partial charge in [-0.15, -0.1) is 0 Å². The molecule has 1 aromatic rings. The summed E-state index contributed by atoms with van der Waals surface area (Å²) < 4.78 is 0.826. The number of H-pyrrole nitrogens is 1. The summed E-state index contributed by atoms with van der Waals surface area (Å²) in [4.78, 5) is 3.27. The summed E-state index contributed by atoms with van der Waals surface area (Å²) in [6, 6.07) is 4.29. The Morgan fingerprint density at radius 2 is 1.47 bits per heavy atom. The molecule has 0 saturated heterocycles. The fraction of sp³-hybridized carbons (Fsp3) is 0.615. The largest absolute Gasteiger partial charge is 0.350 e. The first-order chi connectivity index (χ1) is 6.60. The first-order valence-electron chi connectivity index (χ1n) is 5.36. The molecule has 1 heterocycles. The molecule has 0 saturated carbocycles. The lowest BCUT2D eigenvalue weighted by Gasteiger charge is -2.24. The van der Waals surface area contributed by atoms with Crippen LogP contribution in [0.3, 0.4) is 0 Å². The van der Waals surface area contributed by atoms with Crippen molar-refractivity contribution in [3.05, 3.63) is 28.0 Å². The van der Waals surface area contributed by atoms with Gasteiger partial charge in [-0.05, 0) is 23.1 Å². The Morgan fingerprint density at radius 3 is 1.87 bits per heavy atom. The third-order valence-electron chi connectivity index (χ3n) is 2.52. The molecule has 0 radical (unpaired) electrons. The van der Waals surface area contributed by atoms with Crippen LogP contribution in [0.2, 0.25) is 0 Å². The molecule has 1 aromatic heterocycles. The lowest BCUT2D eigenvalue weighted by molar-refractivity contribution is 0.551. The van der Waals surface area contributed by atoms with E-state index in [1.165, 1.54) is 11.3 Å². The Hall–Kier alpha value is -0.630. The molecule has 2 heteroatoms. The quantitative estimate of drug-likeness (QED) is 0.647. The van der Waals surface area contributed by atoms with Crippen LogP contribution in [-0.4, -0.2) is 4.98 Å². The van der Waals surface area contributed by atoms with E-state index in [2.05, 4.69) is 58.7 Å².